The van der Waals surface area contributed by atoms with E-state index in [-0.39, 0.29) is 13.2 Å². The van der Waals surface area contributed by atoms with Crippen LogP contribution in [0, 0.1) is 0 Å². The van der Waals surface area contributed by atoms with Gasteiger partial charge < -0.3 is 20.6 Å². The van der Waals surface area contributed by atoms with Crippen molar-refractivity contribution in [1.29, 1.82) is 0 Å². The van der Waals surface area contributed by atoms with E-state index in [4.69, 9.17) is 10.5 Å². The molecule has 0 bridgehead atoms. The number of nitrogens with two attached hydrogens (primary N) is 1. The molecule has 4 N–H and O–H groups in total. The van der Waals surface area contributed by atoms with Gasteiger partial charge >= 0.3 is 0 Å². The van der Waals surface area contributed by atoms with Gasteiger partial charge in [-0.2, -0.15) is 0 Å². The van der Waals surface area contributed by atoms with Crippen LogP contribution in [0.2, 0.25) is 0 Å². The molecule has 0 spiro atoms. The number of benzene rings is 2. The molecule has 4 heteroatoms. The smallest absolute Gasteiger partial charge is 0.129 e. The molecular weight excluding hydrogens is 240 g/mol. The first-order valence-corrected chi connectivity index (χ1v) is 6.30. The molecule has 1 unspecified atom stereocenters. The molecule has 0 aliphatic carbocycles. The Balaban J connectivity index is 2.08. The second kappa shape index (κ2) is 4.91. The van der Waals surface area contributed by atoms with Crippen molar-refractivity contribution in [3.05, 3.63) is 42.5 Å². The predicted octanol–water partition coefficient (Wildman–Crippen LogP) is 2.02. The van der Waals surface area contributed by atoms with E-state index in [0.29, 0.717) is 0 Å². The Morgan fingerprint density at radius 1 is 1.11 bits per heavy atom. The summed E-state index contributed by atoms with van der Waals surface area (Å²) in [5, 5.41) is 11.7. The molecule has 19 heavy (non-hydrogen) atoms. The van der Waals surface area contributed by atoms with E-state index >= 15 is 0 Å². The molecular formula is C15H16N2O2. The number of fused-ring (bicyclic) bond motifs is 3. The number of aromatic nitrogens is 1. The van der Waals surface area contributed by atoms with Crippen LogP contribution in [0.25, 0.3) is 21.8 Å². The summed E-state index contributed by atoms with van der Waals surface area (Å²) in [6.45, 7) is 0.402. The second-order valence-electron chi connectivity index (χ2n) is 4.55. The highest BCUT2D eigenvalue weighted by Crippen LogP contribution is 2.32. The molecule has 0 amide bonds. The van der Waals surface area contributed by atoms with Gasteiger partial charge in [-0.1, -0.05) is 24.3 Å². The molecule has 98 valence electrons. The van der Waals surface area contributed by atoms with E-state index in [0.717, 1.165) is 27.6 Å². The summed E-state index contributed by atoms with van der Waals surface area (Å²) in [5.41, 5.74) is 7.49. The number of aliphatic hydroxyl groups excluding tert-OH is 1. The molecule has 0 aliphatic rings. The molecule has 0 aliphatic heterocycles. The van der Waals surface area contributed by atoms with Gasteiger partial charge in [0.05, 0.1) is 5.52 Å². The Hall–Kier alpha value is -2.04. The largest absolute Gasteiger partial charge is 0.490 e. The lowest BCUT2D eigenvalue weighted by atomic mass is 10.1. The van der Waals surface area contributed by atoms with Crippen molar-refractivity contribution >= 4 is 21.8 Å². The van der Waals surface area contributed by atoms with Crippen LogP contribution < -0.4 is 10.5 Å². The van der Waals surface area contributed by atoms with Gasteiger partial charge in [-0.05, 0) is 18.2 Å². The summed E-state index contributed by atoms with van der Waals surface area (Å²) >= 11 is 0. The van der Waals surface area contributed by atoms with Gasteiger partial charge in [0.1, 0.15) is 18.5 Å². The van der Waals surface area contributed by atoms with Crippen molar-refractivity contribution in [2.75, 3.05) is 13.2 Å². The fraction of sp³-hybridized carbons (Fsp3) is 0.200. The Morgan fingerprint density at radius 2 is 1.89 bits per heavy atom. The van der Waals surface area contributed by atoms with E-state index in [1.165, 1.54) is 0 Å². The van der Waals surface area contributed by atoms with Crippen molar-refractivity contribution in [2.24, 2.45) is 5.73 Å². The Kier molecular flexibility index (Phi) is 3.11. The molecule has 0 saturated carbocycles. The number of H-pyrrole nitrogens is 1. The van der Waals surface area contributed by atoms with Crippen LogP contribution in [0.15, 0.2) is 42.5 Å². The van der Waals surface area contributed by atoms with E-state index in [1.807, 2.05) is 36.4 Å². The highest BCUT2D eigenvalue weighted by molar-refractivity contribution is 6.10. The van der Waals surface area contributed by atoms with Crippen LogP contribution in [0.5, 0.6) is 5.75 Å². The Labute approximate surface area is 110 Å². The number of para-hydroxylation sites is 1. The molecule has 0 saturated heterocycles. The van der Waals surface area contributed by atoms with E-state index in [2.05, 4.69) is 11.1 Å². The van der Waals surface area contributed by atoms with Crippen LogP contribution >= 0.6 is 0 Å². The van der Waals surface area contributed by atoms with Gasteiger partial charge in [-0.15, -0.1) is 0 Å². The van der Waals surface area contributed by atoms with Gasteiger partial charge in [0.2, 0.25) is 0 Å². The van der Waals surface area contributed by atoms with Gasteiger partial charge in [-0.25, -0.2) is 0 Å². The zero-order chi connectivity index (χ0) is 13.2. The van der Waals surface area contributed by atoms with Crippen LogP contribution in [0.3, 0.4) is 0 Å². The minimum absolute atomic E-state index is 0.198. The molecule has 1 aromatic heterocycles. The van der Waals surface area contributed by atoms with Gasteiger partial charge in [-0.3, -0.25) is 0 Å². The van der Waals surface area contributed by atoms with Gasteiger partial charge in [0.25, 0.3) is 0 Å². The lowest BCUT2D eigenvalue weighted by Gasteiger charge is -2.11. The average Bonchev–Trinajstić information content (AvgIpc) is 2.83. The zero-order valence-electron chi connectivity index (χ0n) is 10.5. The maximum atomic E-state index is 9.50. The van der Waals surface area contributed by atoms with E-state index < -0.39 is 6.10 Å². The van der Waals surface area contributed by atoms with Crippen LogP contribution in [0.1, 0.15) is 0 Å². The van der Waals surface area contributed by atoms with E-state index in [1.54, 1.807) is 0 Å². The van der Waals surface area contributed by atoms with Crippen molar-refractivity contribution in [1.82, 2.24) is 4.98 Å². The van der Waals surface area contributed by atoms with Gasteiger partial charge in [0, 0.05) is 22.8 Å². The minimum atomic E-state index is -0.638. The monoisotopic (exact) mass is 256 g/mol. The molecule has 1 heterocycles. The number of nitrogens with one attached hydrogen (secondary N) is 1. The molecule has 3 rings (SSSR count). The van der Waals surface area contributed by atoms with Crippen LogP contribution in [-0.2, 0) is 0 Å². The average molecular weight is 256 g/mol. The molecule has 2 aromatic carbocycles. The first-order valence-electron chi connectivity index (χ1n) is 6.30. The number of rotatable bonds is 4. The Morgan fingerprint density at radius 3 is 2.74 bits per heavy atom. The summed E-state index contributed by atoms with van der Waals surface area (Å²) in [5.74, 6) is 0.766. The number of aliphatic hydroxyl groups is 1. The fourth-order valence-corrected chi connectivity index (χ4v) is 2.24. The topological polar surface area (TPSA) is 71.3 Å². The zero-order valence-corrected chi connectivity index (χ0v) is 10.5. The summed E-state index contributed by atoms with van der Waals surface area (Å²) in [4.78, 5) is 3.35. The normalized spacial score (nSPS) is 12.9. The predicted molar refractivity (Wildman–Crippen MR) is 76.4 cm³/mol. The third kappa shape index (κ3) is 2.16. The third-order valence-electron chi connectivity index (χ3n) is 3.20. The van der Waals surface area contributed by atoms with Crippen molar-refractivity contribution < 1.29 is 9.84 Å². The van der Waals surface area contributed by atoms with Crippen molar-refractivity contribution in [2.45, 2.75) is 6.10 Å². The third-order valence-corrected chi connectivity index (χ3v) is 3.20. The highest BCUT2D eigenvalue weighted by Gasteiger charge is 2.10. The molecule has 0 fully saturated rings. The standard InChI is InChI=1S/C15H16N2O2/c16-8-10(18)9-19-14-7-3-6-13-15(14)11-4-1-2-5-12(11)17-13/h1-7,10,17-18H,8-9,16H2. The first kappa shape index (κ1) is 12.0. The summed E-state index contributed by atoms with van der Waals surface area (Å²) in [7, 11) is 0. The lowest BCUT2D eigenvalue weighted by molar-refractivity contribution is 0.115. The van der Waals surface area contributed by atoms with Gasteiger partial charge in [0.15, 0.2) is 0 Å². The Bertz CT molecular complexity index is 706. The van der Waals surface area contributed by atoms with Crippen molar-refractivity contribution in [3.8, 4) is 5.75 Å². The number of hydrogen-bond acceptors (Lipinski definition) is 3. The maximum absolute atomic E-state index is 9.50. The number of aromatic amines is 1. The summed E-state index contributed by atoms with van der Waals surface area (Å²) < 4.78 is 5.69. The number of hydrogen-bond donors (Lipinski definition) is 3. The summed E-state index contributed by atoms with van der Waals surface area (Å²) in [6.07, 6.45) is -0.638. The molecule has 1 atom stereocenters. The van der Waals surface area contributed by atoms with Crippen LogP contribution in [0.4, 0.5) is 0 Å². The highest BCUT2D eigenvalue weighted by atomic mass is 16.5. The fourth-order valence-electron chi connectivity index (χ4n) is 2.24. The molecule has 0 radical (unpaired) electrons. The molecule has 3 aromatic rings. The number of ether oxygens (including phenoxy) is 1. The maximum Gasteiger partial charge on any atom is 0.129 e. The van der Waals surface area contributed by atoms with Crippen molar-refractivity contribution in [3.63, 3.8) is 0 Å². The summed E-state index contributed by atoms with van der Waals surface area (Å²) in [6, 6.07) is 13.9. The SMILES string of the molecule is NCC(O)COc1cccc2[nH]c3ccccc3c12. The quantitative estimate of drug-likeness (QED) is 0.668. The molecule has 4 nitrogen and oxygen atoms in total. The lowest BCUT2D eigenvalue weighted by Crippen LogP contribution is -2.26. The minimum Gasteiger partial charge on any atom is -0.490 e. The first-order chi connectivity index (χ1) is 9.29. The van der Waals surface area contributed by atoms with E-state index in [9.17, 15) is 5.11 Å². The second-order valence-corrected chi connectivity index (χ2v) is 4.55. The van der Waals surface area contributed by atoms with Crippen LogP contribution in [-0.4, -0.2) is 29.3 Å².